The van der Waals surface area contributed by atoms with Gasteiger partial charge in [0.05, 0.1) is 18.8 Å². The second kappa shape index (κ2) is 5.99. The Morgan fingerprint density at radius 1 is 1.48 bits per heavy atom. The molecular formula is C15H24N4O2. The Morgan fingerprint density at radius 3 is 2.76 bits per heavy atom. The normalized spacial score (nSPS) is 17.9. The molecule has 6 nitrogen and oxygen atoms in total. The van der Waals surface area contributed by atoms with Gasteiger partial charge in [0.25, 0.3) is 5.91 Å². The first kappa shape index (κ1) is 15.7. The predicted molar refractivity (Wildman–Crippen MR) is 82.1 cm³/mol. The number of hydrogen-bond donors (Lipinski definition) is 2. The van der Waals surface area contributed by atoms with E-state index in [4.69, 9.17) is 10.6 Å². The van der Waals surface area contributed by atoms with Crippen LogP contribution in [0.2, 0.25) is 0 Å². The summed E-state index contributed by atoms with van der Waals surface area (Å²) in [5.74, 6) is 6.19. The molecule has 0 aliphatic carbocycles. The number of pyridine rings is 1. The van der Waals surface area contributed by atoms with Crippen molar-refractivity contribution in [2.45, 2.75) is 39.2 Å². The quantitative estimate of drug-likeness (QED) is 0.655. The van der Waals surface area contributed by atoms with E-state index in [1.54, 1.807) is 6.07 Å². The van der Waals surface area contributed by atoms with Crippen molar-refractivity contribution in [3.05, 3.63) is 23.4 Å². The van der Waals surface area contributed by atoms with Crippen LogP contribution in [0.4, 0.5) is 5.82 Å². The number of hydrogen-bond acceptors (Lipinski definition) is 5. The number of morpholine rings is 1. The molecule has 1 aromatic rings. The average Bonchev–Trinajstić information content (AvgIpc) is 2.45. The lowest BCUT2D eigenvalue weighted by atomic mass is 10.00. The van der Waals surface area contributed by atoms with Gasteiger partial charge in [-0.1, -0.05) is 13.8 Å². The van der Waals surface area contributed by atoms with Crippen molar-refractivity contribution in [2.75, 3.05) is 25.2 Å². The van der Waals surface area contributed by atoms with Crippen LogP contribution in [0.25, 0.3) is 0 Å². The molecular weight excluding hydrogens is 268 g/mol. The molecule has 1 amide bonds. The van der Waals surface area contributed by atoms with Gasteiger partial charge in [0, 0.05) is 17.8 Å². The van der Waals surface area contributed by atoms with E-state index in [1.165, 1.54) is 0 Å². The topological polar surface area (TPSA) is 80.5 Å². The Bertz CT molecular complexity index is 528. The van der Waals surface area contributed by atoms with Crippen LogP contribution in [0.1, 0.15) is 49.7 Å². The highest BCUT2D eigenvalue weighted by atomic mass is 16.5. The van der Waals surface area contributed by atoms with E-state index in [1.807, 2.05) is 38.7 Å². The van der Waals surface area contributed by atoms with Crippen molar-refractivity contribution in [1.29, 1.82) is 0 Å². The van der Waals surface area contributed by atoms with Crippen LogP contribution in [0, 0.1) is 0 Å². The van der Waals surface area contributed by atoms with E-state index < -0.39 is 0 Å². The molecule has 1 fully saturated rings. The number of nitrogens with one attached hydrogen (secondary N) is 1. The number of hydrazine groups is 1. The number of anilines is 1. The number of nitrogen functional groups attached to an aromatic ring is 1. The number of carbonyl (C=O) groups is 1. The van der Waals surface area contributed by atoms with Crippen LogP contribution in [-0.2, 0) is 4.74 Å². The summed E-state index contributed by atoms with van der Waals surface area (Å²) in [5, 5.41) is 0. The first-order chi connectivity index (χ1) is 9.85. The van der Waals surface area contributed by atoms with Crippen LogP contribution in [0.15, 0.2) is 12.1 Å². The Morgan fingerprint density at radius 2 is 2.19 bits per heavy atom. The van der Waals surface area contributed by atoms with Gasteiger partial charge in [-0.2, -0.15) is 0 Å². The minimum Gasteiger partial charge on any atom is -0.377 e. The number of nitrogens with two attached hydrogens (primary N) is 1. The van der Waals surface area contributed by atoms with Gasteiger partial charge in [-0.15, -0.1) is 0 Å². The van der Waals surface area contributed by atoms with Crippen LogP contribution in [0.5, 0.6) is 0 Å². The van der Waals surface area contributed by atoms with Gasteiger partial charge in [-0.3, -0.25) is 4.79 Å². The Labute approximate surface area is 125 Å². The minimum atomic E-state index is -0.313. The lowest BCUT2D eigenvalue weighted by Crippen LogP contribution is -2.55. The maximum Gasteiger partial charge on any atom is 0.254 e. The van der Waals surface area contributed by atoms with Crippen molar-refractivity contribution in [3.63, 3.8) is 0 Å². The second-order valence-electron chi connectivity index (χ2n) is 6.29. The summed E-state index contributed by atoms with van der Waals surface area (Å²) in [4.78, 5) is 19.1. The smallest absolute Gasteiger partial charge is 0.254 e. The molecule has 0 bridgehead atoms. The number of carbonyl (C=O) groups excluding carboxylic acids is 1. The molecule has 2 heterocycles. The monoisotopic (exact) mass is 292 g/mol. The summed E-state index contributed by atoms with van der Waals surface area (Å²) in [5.41, 5.74) is 3.68. The predicted octanol–water partition coefficient (Wildman–Crippen LogP) is 1.74. The molecule has 1 saturated heterocycles. The highest BCUT2D eigenvalue weighted by molar-refractivity contribution is 5.95. The lowest BCUT2D eigenvalue weighted by molar-refractivity contribution is -0.0370. The molecule has 0 unspecified atom stereocenters. The zero-order valence-corrected chi connectivity index (χ0v) is 13.1. The number of rotatable bonds is 3. The molecule has 1 aliphatic heterocycles. The molecule has 0 aromatic carbocycles. The zero-order chi connectivity index (χ0) is 15.6. The number of nitrogens with zero attached hydrogens (tertiary/aromatic N) is 2. The van der Waals surface area contributed by atoms with E-state index in [-0.39, 0.29) is 17.4 Å². The van der Waals surface area contributed by atoms with Gasteiger partial charge in [0.15, 0.2) is 0 Å². The minimum absolute atomic E-state index is 0.0101. The molecule has 0 radical (unpaired) electrons. The van der Waals surface area contributed by atoms with E-state index in [0.717, 1.165) is 5.69 Å². The van der Waals surface area contributed by atoms with Crippen molar-refractivity contribution in [3.8, 4) is 0 Å². The van der Waals surface area contributed by atoms with Gasteiger partial charge >= 0.3 is 0 Å². The molecule has 0 spiro atoms. The molecule has 0 saturated carbocycles. The third-order valence-corrected chi connectivity index (χ3v) is 3.72. The molecule has 21 heavy (non-hydrogen) atoms. The first-order valence-corrected chi connectivity index (χ1v) is 7.23. The SMILES string of the molecule is CC(C)c1cc(C(=O)N2CCOCC2(C)C)cc(NN)n1. The van der Waals surface area contributed by atoms with Crippen molar-refractivity contribution in [2.24, 2.45) is 5.84 Å². The van der Waals surface area contributed by atoms with Crippen LogP contribution in [0.3, 0.4) is 0 Å². The van der Waals surface area contributed by atoms with Gasteiger partial charge in [-0.25, -0.2) is 10.8 Å². The van der Waals surface area contributed by atoms with Crippen molar-refractivity contribution in [1.82, 2.24) is 9.88 Å². The Hall–Kier alpha value is -1.66. The summed E-state index contributed by atoms with van der Waals surface area (Å²) in [7, 11) is 0. The fraction of sp³-hybridized carbons (Fsp3) is 0.600. The standard InChI is InChI=1S/C15H24N4O2/c1-10(2)12-7-11(8-13(17-12)18-16)14(20)19-5-6-21-9-15(19,3)4/h7-8,10H,5-6,9,16H2,1-4H3,(H,17,18). The highest BCUT2D eigenvalue weighted by Crippen LogP contribution is 2.24. The van der Waals surface area contributed by atoms with Gasteiger partial charge in [0.2, 0.25) is 0 Å². The van der Waals surface area contributed by atoms with Gasteiger partial charge in [-0.05, 0) is 31.9 Å². The third-order valence-electron chi connectivity index (χ3n) is 3.72. The molecule has 0 atom stereocenters. The van der Waals surface area contributed by atoms with Crippen LogP contribution in [-0.4, -0.2) is 41.1 Å². The third kappa shape index (κ3) is 3.33. The van der Waals surface area contributed by atoms with E-state index >= 15 is 0 Å². The largest absolute Gasteiger partial charge is 0.377 e. The van der Waals surface area contributed by atoms with Crippen LogP contribution >= 0.6 is 0 Å². The molecule has 1 aliphatic rings. The summed E-state index contributed by atoms with van der Waals surface area (Å²) in [6.45, 7) is 9.80. The average molecular weight is 292 g/mol. The van der Waals surface area contributed by atoms with Gasteiger partial charge in [0.1, 0.15) is 5.82 Å². The maximum absolute atomic E-state index is 12.8. The Balaban J connectivity index is 2.36. The van der Waals surface area contributed by atoms with E-state index in [2.05, 4.69) is 10.4 Å². The second-order valence-corrected chi connectivity index (χ2v) is 6.29. The molecule has 6 heteroatoms. The number of amides is 1. The first-order valence-electron chi connectivity index (χ1n) is 7.23. The summed E-state index contributed by atoms with van der Waals surface area (Å²) >= 11 is 0. The lowest BCUT2D eigenvalue weighted by Gasteiger charge is -2.42. The summed E-state index contributed by atoms with van der Waals surface area (Å²) < 4.78 is 5.47. The summed E-state index contributed by atoms with van der Waals surface area (Å²) in [6.07, 6.45) is 0. The van der Waals surface area contributed by atoms with E-state index in [0.29, 0.717) is 31.1 Å². The maximum atomic E-state index is 12.8. The summed E-state index contributed by atoms with van der Waals surface area (Å²) in [6, 6.07) is 3.54. The van der Waals surface area contributed by atoms with Crippen LogP contribution < -0.4 is 11.3 Å². The zero-order valence-electron chi connectivity index (χ0n) is 13.1. The Kier molecular flexibility index (Phi) is 4.49. The molecule has 1 aromatic heterocycles. The molecule has 2 rings (SSSR count). The van der Waals surface area contributed by atoms with Crippen molar-refractivity contribution < 1.29 is 9.53 Å². The molecule has 3 N–H and O–H groups in total. The van der Waals surface area contributed by atoms with Gasteiger partial charge < -0.3 is 15.1 Å². The number of ether oxygens (including phenoxy) is 1. The fourth-order valence-electron chi connectivity index (χ4n) is 2.44. The van der Waals surface area contributed by atoms with E-state index in [9.17, 15) is 4.79 Å². The number of aromatic nitrogens is 1. The molecule has 116 valence electrons. The highest BCUT2D eigenvalue weighted by Gasteiger charge is 2.34. The van der Waals surface area contributed by atoms with Crippen molar-refractivity contribution >= 4 is 11.7 Å². The fourth-order valence-corrected chi connectivity index (χ4v) is 2.44.